The van der Waals surface area contributed by atoms with Crippen LogP contribution in [0.4, 0.5) is 9.59 Å². The van der Waals surface area contributed by atoms with Crippen molar-refractivity contribution in [1.82, 2.24) is 10.2 Å². The number of β-amino-alcohol motifs (C(OH)–C–C–N with tert-alkyl or cyclic N) is 1. The van der Waals surface area contributed by atoms with Crippen LogP contribution in [0.5, 0.6) is 0 Å². The Morgan fingerprint density at radius 1 is 1.05 bits per heavy atom. The molecule has 1 rings (SSSR count). The Labute approximate surface area is 125 Å². The van der Waals surface area contributed by atoms with Crippen LogP contribution in [0.2, 0.25) is 0 Å². The van der Waals surface area contributed by atoms with Crippen molar-refractivity contribution in [2.75, 3.05) is 13.1 Å². The summed E-state index contributed by atoms with van der Waals surface area (Å²) in [5, 5.41) is 12.5. The molecule has 1 aliphatic heterocycles. The lowest BCUT2D eigenvalue weighted by atomic mass is 10.2. The number of nitrogens with zero attached hydrogens (tertiary/aromatic N) is 1. The average Bonchev–Trinajstić information content (AvgIpc) is 2.54. The first kappa shape index (κ1) is 17.6. The Morgan fingerprint density at radius 3 is 2.05 bits per heavy atom. The Morgan fingerprint density at radius 2 is 1.57 bits per heavy atom. The summed E-state index contributed by atoms with van der Waals surface area (Å²) in [5.74, 6) is 0. The van der Waals surface area contributed by atoms with Crippen LogP contribution in [-0.4, -0.2) is 58.6 Å². The number of carbonyl (C=O) groups excluding carboxylic acids is 2. The molecule has 0 aromatic heterocycles. The highest BCUT2D eigenvalue weighted by atomic mass is 16.6. The van der Waals surface area contributed by atoms with Gasteiger partial charge in [-0.3, -0.25) is 0 Å². The van der Waals surface area contributed by atoms with Crippen LogP contribution >= 0.6 is 0 Å². The van der Waals surface area contributed by atoms with Crippen molar-refractivity contribution in [3.05, 3.63) is 0 Å². The van der Waals surface area contributed by atoms with Gasteiger partial charge in [-0.1, -0.05) is 0 Å². The SMILES string of the molecule is CC(C)(C)OC(=O)N[C@H]1CN(C(=O)OC(C)(C)C)C[C@@H]1O. The third-order valence-electron chi connectivity index (χ3n) is 2.64. The normalized spacial score (nSPS) is 22.9. The molecule has 0 aromatic carbocycles. The zero-order chi connectivity index (χ0) is 16.4. The van der Waals surface area contributed by atoms with Gasteiger partial charge in [0, 0.05) is 6.54 Å². The summed E-state index contributed by atoms with van der Waals surface area (Å²) in [4.78, 5) is 25.0. The molecule has 122 valence electrons. The molecule has 1 fully saturated rings. The average molecular weight is 302 g/mol. The number of carbonyl (C=O) groups is 2. The summed E-state index contributed by atoms with van der Waals surface area (Å²) in [6, 6.07) is -0.563. The predicted molar refractivity (Wildman–Crippen MR) is 77.0 cm³/mol. The Hall–Kier alpha value is -1.50. The number of nitrogens with one attached hydrogen (secondary N) is 1. The van der Waals surface area contributed by atoms with E-state index >= 15 is 0 Å². The highest BCUT2D eigenvalue weighted by Crippen LogP contribution is 2.16. The molecule has 0 aliphatic carbocycles. The van der Waals surface area contributed by atoms with Gasteiger partial charge >= 0.3 is 12.2 Å². The summed E-state index contributed by atoms with van der Waals surface area (Å²) in [6.07, 6.45) is -1.96. The number of ether oxygens (including phenoxy) is 2. The number of aliphatic hydroxyl groups is 1. The fraction of sp³-hybridized carbons (Fsp3) is 0.857. The lowest BCUT2D eigenvalue weighted by Crippen LogP contribution is -2.45. The van der Waals surface area contributed by atoms with Crippen molar-refractivity contribution in [2.45, 2.75) is 64.9 Å². The van der Waals surface area contributed by atoms with E-state index < -0.39 is 35.5 Å². The van der Waals surface area contributed by atoms with Crippen molar-refractivity contribution < 1.29 is 24.2 Å². The van der Waals surface area contributed by atoms with E-state index in [0.717, 1.165) is 0 Å². The van der Waals surface area contributed by atoms with Crippen molar-refractivity contribution in [1.29, 1.82) is 0 Å². The van der Waals surface area contributed by atoms with Gasteiger partial charge in [0.25, 0.3) is 0 Å². The molecule has 0 radical (unpaired) electrons. The van der Waals surface area contributed by atoms with E-state index in [2.05, 4.69) is 5.32 Å². The standard InChI is InChI=1S/C14H26N2O5/c1-13(2,3)20-11(18)15-9-7-16(8-10(9)17)12(19)21-14(4,5)6/h9-10,17H,7-8H2,1-6H3,(H,15,18)/t9-,10-/m0/s1. The minimum absolute atomic E-state index is 0.120. The largest absolute Gasteiger partial charge is 0.444 e. The second-order valence-electron chi connectivity index (χ2n) is 7.21. The van der Waals surface area contributed by atoms with Gasteiger partial charge in [0.1, 0.15) is 11.2 Å². The molecule has 7 heteroatoms. The summed E-state index contributed by atoms with van der Waals surface area (Å²) >= 11 is 0. The molecule has 0 bridgehead atoms. The summed E-state index contributed by atoms with van der Waals surface area (Å²) in [7, 11) is 0. The zero-order valence-corrected chi connectivity index (χ0v) is 13.6. The predicted octanol–water partition coefficient (Wildman–Crippen LogP) is 1.49. The molecule has 2 atom stereocenters. The van der Waals surface area contributed by atoms with Gasteiger partial charge in [-0.25, -0.2) is 9.59 Å². The van der Waals surface area contributed by atoms with Crippen LogP contribution in [0.15, 0.2) is 0 Å². The number of rotatable bonds is 1. The lowest BCUT2D eigenvalue weighted by Gasteiger charge is -2.24. The van der Waals surface area contributed by atoms with E-state index in [1.807, 2.05) is 0 Å². The molecule has 21 heavy (non-hydrogen) atoms. The second kappa shape index (κ2) is 6.09. The fourth-order valence-electron chi connectivity index (χ4n) is 1.86. The first-order chi connectivity index (χ1) is 9.37. The van der Waals surface area contributed by atoms with Crippen LogP contribution in [0.3, 0.4) is 0 Å². The second-order valence-corrected chi connectivity index (χ2v) is 7.21. The molecule has 0 saturated carbocycles. The van der Waals surface area contributed by atoms with Gasteiger partial charge in [0.15, 0.2) is 0 Å². The third kappa shape index (κ3) is 6.20. The maximum absolute atomic E-state index is 11.9. The Bertz CT molecular complexity index is 397. The molecule has 2 amide bonds. The molecular formula is C14H26N2O5. The van der Waals surface area contributed by atoms with Gasteiger partial charge in [-0.2, -0.15) is 0 Å². The van der Waals surface area contributed by atoms with Crippen molar-refractivity contribution in [3.63, 3.8) is 0 Å². The van der Waals surface area contributed by atoms with E-state index in [4.69, 9.17) is 9.47 Å². The van der Waals surface area contributed by atoms with Crippen LogP contribution in [-0.2, 0) is 9.47 Å². The number of alkyl carbamates (subject to hydrolysis) is 1. The van der Waals surface area contributed by atoms with Crippen molar-refractivity contribution >= 4 is 12.2 Å². The lowest BCUT2D eigenvalue weighted by molar-refractivity contribution is 0.0268. The van der Waals surface area contributed by atoms with Gasteiger partial charge in [0.2, 0.25) is 0 Å². The first-order valence-corrected chi connectivity index (χ1v) is 7.03. The maximum Gasteiger partial charge on any atom is 0.410 e. The van der Waals surface area contributed by atoms with E-state index in [9.17, 15) is 14.7 Å². The molecule has 1 saturated heterocycles. The highest BCUT2D eigenvalue weighted by molar-refractivity contribution is 5.70. The molecule has 7 nitrogen and oxygen atoms in total. The van der Waals surface area contributed by atoms with Crippen LogP contribution in [0.25, 0.3) is 0 Å². The van der Waals surface area contributed by atoms with Crippen LogP contribution in [0.1, 0.15) is 41.5 Å². The minimum atomic E-state index is -0.843. The first-order valence-electron chi connectivity index (χ1n) is 7.03. The molecule has 0 spiro atoms. The van der Waals surface area contributed by atoms with E-state index in [1.165, 1.54) is 4.90 Å². The number of likely N-dealkylation sites (tertiary alicyclic amines) is 1. The molecule has 1 aliphatic rings. The number of amides is 2. The van der Waals surface area contributed by atoms with E-state index in [1.54, 1.807) is 41.5 Å². The minimum Gasteiger partial charge on any atom is -0.444 e. The zero-order valence-electron chi connectivity index (χ0n) is 13.6. The molecule has 0 aromatic rings. The maximum atomic E-state index is 11.9. The molecule has 2 N–H and O–H groups in total. The number of hydrogen-bond donors (Lipinski definition) is 2. The van der Waals surface area contributed by atoms with Gasteiger partial charge in [-0.15, -0.1) is 0 Å². The monoisotopic (exact) mass is 302 g/mol. The van der Waals surface area contributed by atoms with Crippen LogP contribution in [0, 0.1) is 0 Å². The topological polar surface area (TPSA) is 88.1 Å². The van der Waals surface area contributed by atoms with Gasteiger partial charge in [-0.05, 0) is 41.5 Å². The molecule has 0 unspecified atom stereocenters. The van der Waals surface area contributed by atoms with Crippen molar-refractivity contribution in [3.8, 4) is 0 Å². The van der Waals surface area contributed by atoms with Crippen molar-refractivity contribution in [2.24, 2.45) is 0 Å². The summed E-state index contributed by atoms with van der Waals surface area (Å²) in [5.41, 5.74) is -1.21. The van der Waals surface area contributed by atoms with E-state index in [0.29, 0.717) is 0 Å². The smallest absolute Gasteiger partial charge is 0.410 e. The number of aliphatic hydroxyl groups excluding tert-OH is 1. The fourth-order valence-corrected chi connectivity index (χ4v) is 1.86. The highest BCUT2D eigenvalue weighted by Gasteiger charge is 2.37. The van der Waals surface area contributed by atoms with E-state index in [-0.39, 0.29) is 13.1 Å². The summed E-state index contributed by atoms with van der Waals surface area (Å²) < 4.78 is 10.4. The Kier molecular flexibility index (Phi) is 5.09. The summed E-state index contributed by atoms with van der Waals surface area (Å²) in [6.45, 7) is 10.9. The van der Waals surface area contributed by atoms with Gasteiger partial charge < -0.3 is 24.8 Å². The molecular weight excluding hydrogens is 276 g/mol. The number of hydrogen-bond acceptors (Lipinski definition) is 5. The Balaban J connectivity index is 2.53. The third-order valence-corrected chi connectivity index (χ3v) is 2.64. The van der Waals surface area contributed by atoms with Gasteiger partial charge in [0.05, 0.1) is 18.7 Å². The quantitative estimate of drug-likeness (QED) is 0.766. The molecule has 1 heterocycles. The van der Waals surface area contributed by atoms with Crippen LogP contribution < -0.4 is 5.32 Å².